The molecule has 3 heterocycles. The minimum Gasteiger partial charge on any atom is -0.493 e. The SMILES string of the molecule is CCC(C)S(=O)(=O)NC(=O)[C@@]12C[C@H]1/C=C\CCCCC[C@H](NC(=O)OC(C)(C)C)C(=O)N1C[C@H](NC(=O)c3cc4cccc(OC)c4o3)C[C@H]1C(=O)N2. The average Bonchev–Trinajstić information content (AvgIpc) is 3.38. The Morgan fingerprint density at radius 1 is 1.13 bits per heavy atom. The van der Waals surface area contributed by atoms with Crippen LogP contribution in [0.3, 0.4) is 0 Å². The topological polar surface area (TPSA) is 202 Å². The Morgan fingerprint density at radius 2 is 1.89 bits per heavy atom. The lowest BCUT2D eigenvalue weighted by Gasteiger charge is -2.30. The van der Waals surface area contributed by atoms with Gasteiger partial charge in [-0.1, -0.05) is 44.1 Å². The van der Waals surface area contributed by atoms with Crippen LogP contribution in [0.25, 0.3) is 11.0 Å². The van der Waals surface area contributed by atoms with Crippen molar-refractivity contribution in [2.75, 3.05) is 13.7 Å². The van der Waals surface area contributed by atoms with E-state index in [0.29, 0.717) is 29.6 Å². The van der Waals surface area contributed by atoms with Gasteiger partial charge in [0.25, 0.3) is 11.8 Å². The Morgan fingerprint density at radius 3 is 2.58 bits per heavy atom. The number of sulfonamides is 1. The summed E-state index contributed by atoms with van der Waals surface area (Å²) in [5.41, 5.74) is -2.01. The number of carbonyl (C=O) groups is 5. The zero-order valence-corrected chi connectivity index (χ0v) is 32.0. The molecule has 2 aliphatic heterocycles. The summed E-state index contributed by atoms with van der Waals surface area (Å²) < 4.78 is 44.7. The summed E-state index contributed by atoms with van der Waals surface area (Å²) in [7, 11) is -2.54. The van der Waals surface area contributed by atoms with Gasteiger partial charge in [-0.15, -0.1) is 0 Å². The van der Waals surface area contributed by atoms with E-state index in [1.165, 1.54) is 18.9 Å². The molecular formula is C37H51N5O10S. The summed E-state index contributed by atoms with van der Waals surface area (Å²) in [5, 5.41) is 8.18. The predicted molar refractivity (Wildman–Crippen MR) is 195 cm³/mol. The van der Waals surface area contributed by atoms with Gasteiger partial charge in [0, 0.05) is 23.9 Å². The molecular weight excluding hydrogens is 706 g/mol. The number of fused-ring (bicyclic) bond motifs is 3. The van der Waals surface area contributed by atoms with Gasteiger partial charge in [0.05, 0.1) is 12.4 Å². The van der Waals surface area contributed by atoms with Crippen molar-refractivity contribution >= 4 is 50.7 Å². The van der Waals surface area contributed by atoms with Crippen molar-refractivity contribution in [2.24, 2.45) is 5.92 Å². The van der Waals surface area contributed by atoms with Crippen LogP contribution in [-0.2, 0) is 29.1 Å². The Labute approximate surface area is 310 Å². The summed E-state index contributed by atoms with van der Waals surface area (Å²) in [6.07, 6.45) is 6.37. The van der Waals surface area contributed by atoms with Crippen LogP contribution < -0.4 is 25.4 Å². The lowest BCUT2D eigenvalue weighted by atomic mass is 10.0. The van der Waals surface area contributed by atoms with Gasteiger partial charge in [0.1, 0.15) is 23.2 Å². The fourth-order valence-corrected chi connectivity index (χ4v) is 7.86. The number of hydrogen-bond acceptors (Lipinski definition) is 10. The highest BCUT2D eigenvalue weighted by molar-refractivity contribution is 7.90. The van der Waals surface area contributed by atoms with Gasteiger partial charge in [-0.05, 0) is 78.4 Å². The van der Waals surface area contributed by atoms with Crippen molar-refractivity contribution in [3.63, 3.8) is 0 Å². The van der Waals surface area contributed by atoms with Gasteiger partial charge in [-0.2, -0.15) is 0 Å². The average molecular weight is 758 g/mol. The Bertz CT molecular complexity index is 1870. The second-order valence-corrected chi connectivity index (χ2v) is 17.2. The number of alkyl carbamates (subject to hydrolysis) is 1. The lowest BCUT2D eigenvalue weighted by Crippen LogP contribution is -2.58. The molecule has 1 unspecified atom stereocenters. The first-order valence-corrected chi connectivity index (χ1v) is 19.7. The van der Waals surface area contributed by atoms with Crippen LogP contribution >= 0.6 is 0 Å². The lowest BCUT2D eigenvalue weighted by molar-refractivity contribution is -0.141. The van der Waals surface area contributed by atoms with E-state index >= 15 is 0 Å². The van der Waals surface area contributed by atoms with Crippen LogP contribution in [0.2, 0.25) is 0 Å². The second-order valence-electron chi connectivity index (χ2n) is 15.1. The maximum atomic E-state index is 14.4. The monoisotopic (exact) mass is 757 g/mol. The molecule has 1 aliphatic carbocycles. The number of nitrogens with zero attached hydrogens (tertiary/aromatic N) is 1. The number of para-hydroxylation sites is 1. The quantitative estimate of drug-likeness (QED) is 0.288. The largest absolute Gasteiger partial charge is 0.493 e. The minimum atomic E-state index is -4.03. The number of hydrogen-bond donors (Lipinski definition) is 4. The molecule has 5 rings (SSSR count). The molecule has 2 fully saturated rings. The van der Waals surface area contributed by atoms with Crippen LogP contribution in [0.1, 0.15) is 96.5 Å². The number of amides is 5. The fourth-order valence-electron chi connectivity index (χ4n) is 6.78. The Hall–Kier alpha value is -4.60. The molecule has 0 radical (unpaired) electrons. The van der Waals surface area contributed by atoms with Crippen LogP contribution in [0.4, 0.5) is 4.79 Å². The molecule has 0 spiro atoms. The van der Waals surface area contributed by atoms with Crippen LogP contribution in [0.15, 0.2) is 40.8 Å². The Kier molecular flexibility index (Phi) is 11.8. The third kappa shape index (κ3) is 9.14. The summed E-state index contributed by atoms with van der Waals surface area (Å²) in [5.74, 6) is -2.71. The number of methoxy groups -OCH3 is 1. The third-order valence-corrected chi connectivity index (χ3v) is 11.9. The van der Waals surface area contributed by atoms with E-state index in [0.717, 1.165) is 12.8 Å². The molecule has 16 heteroatoms. The fraction of sp³-hybridized carbons (Fsp3) is 0.595. The molecule has 15 nitrogen and oxygen atoms in total. The standard InChI is InChI=1S/C37H51N5O10S/c1-7-22(2)53(48,49)41-34(46)37-20-24(37)15-11-9-8-10-12-16-26(39-35(47)52-36(3,4)5)33(45)42-21-25(19-27(42)31(43)40-37)38-32(44)29-18-23-14-13-17-28(50-6)30(23)51-29/h11,13-15,17-18,22,24-27H,7-10,12,16,19-21H2,1-6H3,(H,38,44)(H,39,47)(H,40,43)(H,41,46)/b15-11-/t22?,24-,25-,26+,27+,37-/m1/s1. The molecule has 5 amide bonds. The summed E-state index contributed by atoms with van der Waals surface area (Å²) >= 11 is 0. The maximum absolute atomic E-state index is 14.4. The van der Waals surface area contributed by atoms with Crippen LogP contribution in [0, 0.1) is 5.92 Å². The summed E-state index contributed by atoms with van der Waals surface area (Å²) in [6, 6.07) is 3.84. The first kappa shape index (κ1) is 39.6. The molecule has 3 aliphatic rings. The summed E-state index contributed by atoms with van der Waals surface area (Å²) in [6.45, 7) is 8.20. The molecule has 4 N–H and O–H groups in total. The molecule has 1 aromatic heterocycles. The van der Waals surface area contributed by atoms with Crippen molar-refractivity contribution in [3.05, 3.63) is 42.2 Å². The van der Waals surface area contributed by atoms with E-state index in [9.17, 15) is 32.4 Å². The van der Waals surface area contributed by atoms with Gasteiger partial charge in [-0.25, -0.2) is 13.2 Å². The van der Waals surface area contributed by atoms with Gasteiger partial charge >= 0.3 is 6.09 Å². The van der Waals surface area contributed by atoms with Gasteiger partial charge in [-0.3, -0.25) is 23.9 Å². The van der Waals surface area contributed by atoms with Gasteiger partial charge in [0.15, 0.2) is 17.1 Å². The van der Waals surface area contributed by atoms with E-state index in [-0.39, 0.29) is 38.0 Å². The molecule has 53 heavy (non-hydrogen) atoms. The highest BCUT2D eigenvalue weighted by atomic mass is 32.2. The third-order valence-electron chi connectivity index (χ3n) is 10.0. The van der Waals surface area contributed by atoms with Crippen molar-refractivity contribution in [1.82, 2.24) is 25.6 Å². The number of carbonyl (C=O) groups excluding carboxylic acids is 5. The smallest absolute Gasteiger partial charge is 0.408 e. The summed E-state index contributed by atoms with van der Waals surface area (Å²) in [4.78, 5) is 70.1. The highest BCUT2D eigenvalue weighted by Crippen LogP contribution is 2.46. The number of ether oxygens (including phenoxy) is 2. The number of rotatable bonds is 8. The second kappa shape index (κ2) is 15.8. The van der Waals surface area contributed by atoms with Crippen LogP contribution in [0.5, 0.6) is 5.75 Å². The van der Waals surface area contributed by atoms with Crippen molar-refractivity contribution in [1.29, 1.82) is 0 Å². The van der Waals surface area contributed by atoms with E-state index in [1.54, 1.807) is 52.0 Å². The number of nitrogens with one attached hydrogen (secondary N) is 4. The maximum Gasteiger partial charge on any atom is 0.408 e. The molecule has 2 aromatic rings. The predicted octanol–water partition coefficient (Wildman–Crippen LogP) is 3.67. The minimum absolute atomic E-state index is 0.0000426. The van der Waals surface area contributed by atoms with E-state index in [1.807, 2.05) is 12.2 Å². The zero-order valence-electron chi connectivity index (χ0n) is 31.2. The van der Waals surface area contributed by atoms with E-state index in [4.69, 9.17) is 13.9 Å². The van der Waals surface area contributed by atoms with Crippen molar-refractivity contribution in [2.45, 2.75) is 121 Å². The first-order valence-electron chi connectivity index (χ1n) is 18.2. The molecule has 1 aromatic carbocycles. The van der Waals surface area contributed by atoms with E-state index < -0.39 is 80.2 Å². The van der Waals surface area contributed by atoms with Gasteiger partial charge < -0.3 is 34.7 Å². The van der Waals surface area contributed by atoms with Crippen LogP contribution in [-0.4, -0.2) is 91.2 Å². The number of benzene rings is 1. The highest BCUT2D eigenvalue weighted by Gasteiger charge is 2.61. The Balaban J connectivity index is 1.45. The first-order chi connectivity index (χ1) is 25.0. The molecule has 1 saturated carbocycles. The number of furan rings is 1. The zero-order chi connectivity index (χ0) is 38.7. The van der Waals surface area contributed by atoms with Crippen molar-refractivity contribution < 1.29 is 46.3 Å². The van der Waals surface area contributed by atoms with Gasteiger partial charge in [0.2, 0.25) is 21.8 Å². The number of allylic oxidation sites excluding steroid dienone is 1. The molecule has 290 valence electrons. The molecule has 1 saturated heterocycles. The molecule has 6 atom stereocenters. The van der Waals surface area contributed by atoms with Crippen molar-refractivity contribution in [3.8, 4) is 5.75 Å². The molecule has 0 bridgehead atoms. The normalized spacial score (nSPS) is 26.5. The van der Waals surface area contributed by atoms with E-state index in [2.05, 4.69) is 20.7 Å².